The second-order valence-electron chi connectivity index (χ2n) is 6.08. The Hall–Kier alpha value is -0.0500. The zero-order valence-corrected chi connectivity index (χ0v) is 23.2. The van der Waals surface area contributed by atoms with E-state index in [1.165, 1.54) is 27.6 Å². The zero-order valence-electron chi connectivity index (χ0n) is 15.1. The third-order valence-corrected chi connectivity index (χ3v) is 10.9. The van der Waals surface area contributed by atoms with E-state index in [1.54, 1.807) is 4.57 Å². The maximum Gasteiger partial charge on any atom is 0.210 e. The van der Waals surface area contributed by atoms with Crippen LogP contribution in [0.1, 0.15) is 30.2 Å². The van der Waals surface area contributed by atoms with Gasteiger partial charge in [0.05, 0.1) is 10.6 Å². The number of hydrogen-bond donors (Lipinski definition) is 1. The van der Waals surface area contributed by atoms with Crippen LogP contribution in [0.3, 0.4) is 0 Å². The van der Waals surface area contributed by atoms with E-state index >= 15 is 0 Å². The molecule has 0 amide bonds. The number of aromatic nitrogens is 1. The molecule has 0 fully saturated rings. The number of aromatic hydroxyl groups is 1. The van der Waals surface area contributed by atoms with E-state index in [4.69, 9.17) is 17.2 Å². The third-order valence-electron chi connectivity index (χ3n) is 4.36. The summed E-state index contributed by atoms with van der Waals surface area (Å²) in [5, 5.41) is 10.1. The quantitative estimate of drug-likeness (QED) is 0.147. The first kappa shape index (κ1) is 22.6. The molecule has 0 bridgehead atoms. The minimum Gasteiger partial charge on any atom is -0.493 e. The molecule has 28 heavy (non-hydrogen) atoms. The first-order chi connectivity index (χ1) is 13.3. The second kappa shape index (κ2) is 9.84. The van der Waals surface area contributed by atoms with Gasteiger partial charge < -0.3 is 5.11 Å². The maximum atomic E-state index is 10.1. The fourth-order valence-corrected chi connectivity index (χ4v) is 6.80. The predicted molar refractivity (Wildman–Crippen MR) is 148 cm³/mol. The SMILES string of the molecule is CCn1c(O)c(C=CC=CC=CC2=Nc3cc(I)c(I)c(I)c3C2C)sc1=S. The van der Waals surface area contributed by atoms with Crippen LogP contribution in [0.25, 0.3) is 6.08 Å². The summed E-state index contributed by atoms with van der Waals surface area (Å²) in [6.07, 6.45) is 11.8. The van der Waals surface area contributed by atoms with Crippen molar-refractivity contribution >= 4 is 109 Å². The molecular weight excluding hydrogens is 729 g/mol. The highest BCUT2D eigenvalue weighted by Gasteiger charge is 2.26. The summed E-state index contributed by atoms with van der Waals surface area (Å²) in [6, 6.07) is 2.17. The van der Waals surface area contributed by atoms with Crippen LogP contribution in [0.4, 0.5) is 5.69 Å². The molecule has 8 heteroatoms. The van der Waals surface area contributed by atoms with Crippen LogP contribution in [0.5, 0.6) is 5.88 Å². The summed E-state index contributed by atoms with van der Waals surface area (Å²) in [6.45, 7) is 4.85. The Bertz CT molecular complexity index is 1090. The van der Waals surface area contributed by atoms with Gasteiger partial charge >= 0.3 is 0 Å². The Balaban J connectivity index is 1.69. The van der Waals surface area contributed by atoms with Gasteiger partial charge in [0.1, 0.15) is 0 Å². The van der Waals surface area contributed by atoms with Crippen molar-refractivity contribution in [2.45, 2.75) is 26.3 Å². The average molecular weight is 746 g/mol. The third kappa shape index (κ3) is 4.65. The summed E-state index contributed by atoms with van der Waals surface area (Å²) in [7, 11) is 0. The fourth-order valence-electron chi connectivity index (χ4n) is 2.89. The van der Waals surface area contributed by atoms with Gasteiger partial charge in [0.15, 0.2) is 3.95 Å². The first-order valence-electron chi connectivity index (χ1n) is 8.55. The van der Waals surface area contributed by atoms with Crippen LogP contribution < -0.4 is 0 Å². The standard InChI is InChI=1S/C20H17I3N2OS2/c1-3-25-19(26)15(28-20(25)27)9-7-5-4-6-8-13-11(2)16-14(24-13)10-12(21)17(22)18(16)23/h4-11,26H,3H2,1-2H3. The van der Waals surface area contributed by atoms with Crippen molar-refractivity contribution in [3.05, 3.63) is 61.6 Å². The lowest BCUT2D eigenvalue weighted by atomic mass is 9.98. The molecule has 1 aliphatic rings. The summed E-state index contributed by atoms with van der Waals surface area (Å²) in [4.78, 5) is 5.59. The monoisotopic (exact) mass is 746 g/mol. The van der Waals surface area contributed by atoms with Crippen LogP contribution in [-0.2, 0) is 6.54 Å². The van der Waals surface area contributed by atoms with Crippen LogP contribution in [0.15, 0.2) is 41.4 Å². The highest BCUT2D eigenvalue weighted by Crippen LogP contribution is 2.42. The molecule has 3 nitrogen and oxygen atoms in total. The van der Waals surface area contributed by atoms with E-state index in [2.05, 4.69) is 86.8 Å². The molecule has 1 N–H and O–H groups in total. The number of fused-ring (bicyclic) bond motifs is 1. The van der Waals surface area contributed by atoms with Crippen LogP contribution in [0, 0.1) is 14.7 Å². The molecule has 2 aromatic rings. The number of allylic oxidation sites excluding steroid dienone is 5. The van der Waals surface area contributed by atoms with Crippen LogP contribution in [0.2, 0.25) is 0 Å². The largest absolute Gasteiger partial charge is 0.493 e. The molecule has 1 aromatic heterocycles. The van der Waals surface area contributed by atoms with Crippen molar-refractivity contribution < 1.29 is 5.11 Å². The molecule has 146 valence electrons. The average Bonchev–Trinajstić information content (AvgIpc) is 3.11. The maximum absolute atomic E-state index is 10.1. The minimum atomic E-state index is 0.239. The van der Waals surface area contributed by atoms with Gasteiger partial charge in [-0.05, 0) is 105 Å². The number of aliphatic imine (C=N–C) groups is 1. The number of halogens is 3. The molecule has 0 radical (unpaired) electrons. The molecular formula is C20H17I3N2OS2. The van der Waals surface area contributed by atoms with E-state index in [0.29, 0.717) is 16.4 Å². The molecule has 2 heterocycles. The van der Waals surface area contributed by atoms with E-state index < -0.39 is 0 Å². The second-order valence-corrected chi connectivity index (χ2v) is 11.1. The molecule has 1 aliphatic heterocycles. The molecule has 1 atom stereocenters. The van der Waals surface area contributed by atoms with E-state index in [0.717, 1.165) is 16.3 Å². The van der Waals surface area contributed by atoms with Crippen LogP contribution in [-0.4, -0.2) is 15.4 Å². The Morgan fingerprint density at radius 3 is 2.50 bits per heavy atom. The van der Waals surface area contributed by atoms with Crippen molar-refractivity contribution in [1.29, 1.82) is 0 Å². The first-order valence-corrected chi connectivity index (χ1v) is 13.0. The van der Waals surface area contributed by atoms with E-state index in [9.17, 15) is 5.11 Å². The molecule has 0 spiro atoms. The van der Waals surface area contributed by atoms with E-state index in [1.807, 2.05) is 37.3 Å². The summed E-state index contributed by atoms with van der Waals surface area (Å²) >= 11 is 13.9. The normalized spacial score (nSPS) is 16.6. The molecule has 1 unspecified atom stereocenters. The van der Waals surface area contributed by atoms with Gasteiger partial charge in [-0.3, -0.25) is 9.56 Å². The zero-order chi connectivity index (χ0) is 20.4. The molecule has 0 saturated heterocycles. The summed E-state index contributed by atoms with van der Waals surface area (Å²) in [5.41, 5.74) is 3.49. The summed E-state index contributed by atoms with van der Waals surface area (Å²) < 4.78 is 6.27. The number of benzene rings is 1. The number of hydrogen-bond acceptors (Lipinski definition) is 4. The van der Waals surface area contributed by atoms with Crippen molar-refractivity contribution in [1.82, 2.24) is 4.57 Å². The topological polar surface area (TPSA) is 37.5 Å². The van der Waals surface area contributed by atoms with E-state index in [-0.39, 0.29) is 5.88 Å². The van der Waals surface area contributed by atoms with Gasteiger partial charge in [-0.15, -0.1) is 11.3 Å². The Morgan fingerprint density at radius 1 is 1.18 bits per heavy atom. The Morgan fingerprint density at radius 2 is 1.86 bits per heavy atom. The summed E-state index contributed by atoms with van der Waals surface area (Å²) in [5.74, 6) is 0.536. The van der Waals surface area contributed by atoms with Crippen molar-refractivity contribution in [2.24, 2.45) is 4.99 Å². The van der Waals surface area contributed by atoms with Gasteiger partial charge in [0.25, 0.3) is 0 Å². The number of nitrogens with zero attached hydrogens (tertiary/aromatic N) is 2. The van der Waals surface area contributed by atoms with Gasteiger partial charge in [-0.2, -0.15) is 0 Å². The van der Waals surface area contributed by atoms with Crippen molar-refractivity contribution in [2.75, 3.05) is 0 Å². The molecule has 0 saturated carbocycles. The number of thiazole rings is 1. The lowest BCUT2D eigenvalue weighted by molar-refractivity contribution is 0.419. The molecule has 1 aromatic carbocycles. The van der Waals surface area contributed by atoms with Gasteiger partial charge in [0.2, 0.25) is 5.88 Å². The number of rotatable bonds is 5. The van der Waals surface area contributed by atoms with Crippen molar-refractivity contribution in [3.8, 4) is 5.88 Å². The molecule has 3 rings (SSSR count). The predicted octanol–water partition coefficient (Wildman–Crippen LogP) is 7.83. The highest BCUT2D eigenvalue weighted by molar-refractivity contribution is 14.1. The Labute approximate surface area is 214 Å². The van der Waals surface area contributed by atoms with Crippen LogP contribution >= 0.6 is 91.3 Å². The molecule has 0 aliphatic carbocycles. The Kier molecular flexibility index (Phi) is 7.95. The highest BCUT2D eigenvalue weighted by atomic mass is 127. The smallest absolute Gasteiger partial charge is 0.210 e. The lowest BCUT2D eigenvalue weighted by Gasteiger charge is -2.10. The minimum absolute atomic E-state index is 0.239. The van der Waals surface area contributed by atoms with Gasteiger partial charge in [0, 0.05) is 34.4 Å². The van der Waals surface area contributed by atoms with Gasteiger partial charge in [-0.25, -0.2) is 0 Å². The fraction of sp³-hybridized carbons (Fsp3) is 0.200. The van der Waals surface area contributed by atoms with Gasteiger partial charge in [-0.1, -0.05) is 31.2 Å². The van der Waals surface area contributed by atoms with Crippen molar-refractivity contribution in [3.63, 3.8) is 0 Å². The lowest BCUT2D eigenvalue weighted by Crippen LogP contribution is -2.03.